The summed E-state index contributed by atoms with van der Waals surface area (Å²) in [4.78, 5) is 3.91. The summed E-state index contributed by atoms with van der Waals surface area (Å²) in [6.45, 7) is 5.40. The van der Waals surface area contributed by atoms with Crippen LogP contribution in [0.2, 0.25) is 0 Å². The highest BCUT2D eigenvalue weighted by molar-refractivity contribution is 5.36. The van der Waals surface area contributed by atoms with Crippen molar-refractivity contribution in [2.24, 2.45) is 0 Å². The zero-order valence-corrected chi connectivity index (χ0v) is 18.2. The Morgan fingerprint density at radius 3 is 1.89 bits per heavy atom. The van der Waals surface area contributed by atoms with Gasteiger partial charge in [0.1, 0.15) is 0 Å². The topological polar surface area (TPSA) is 87.1 Å². The molecule has 0 aliphatic carbocycles. The minimum atomic E-state index is -0.0885. The first kappa shape index (κ1) is 24.3. The molecule has 0 bridgehead atoms. The molecule has 1 rings (SSSR count). The molecule has 1 heterocycles. The Morgan fingerprint density at radius 2 is 1.39 bits per heavy atom. The largest absolute Gasteiger partial charge is 0.754 e. The van der Waals surface area contributed by atoms with Crippen LogP contribution >= 0.6 is 0 Å². The molecule has 0 aliphatic rings. The van der Waals surface area contributed by atoms with Crippen molar-refractivity contribution in [3.8, 4) is 5.88 Å². The van der Waals surface area contributed by atoms with Gasteiger partial charge in [-0.25, -0.2) is 4.73 Å². The minimum Gasteiger partial charge on any atom is -0.754 e. The summed E-state index contributed by atoms with van der Waals surface area (Å²) in [6, 6.07) is 1.61. The molecule has 3 N–H and O–H groups in total. The Morgan fingerprint density at radius 1 is 0.893 bits per heavy atom. The van der Waals surface area contributed by atoms with Crippen LogP contribution in [0.15, 0.2) is 6.07 Å². The molecule has 0 radical (unpaired) electrons. The molecule has 6 heteroatoms. The maximum atomic E-state index is 11.9. The number of aromatic nitrogens is 2. The summed E-state index contributed by atoms with van der Waals surface area (Å²) in [5, 5.41) is 15.1. The molecule has 162 valence electrons. The predicted octanol–water partition coefficient (Wildman–Crippen LogP) is 5.59. The molecule has 0 aromatic carbocycles. The van der Waals surface area contributed by atoms with E-state index in [1.54, 1.807) is 6.07 Å². The van der Waals surface area contributed by atoms with Crippen molar-refractivity contribution in [1.82, 2.24) is 4.98 Å². The van der Waals surface area contributed by atoms with Crippen molar-refractivity contribution in [2.45, 2.75) is 104 Å². The van der Waals surface area contributed by atoms with E-state index in [9.17, 15) is 5.21 Å². The molecule has 0 unspecified atom stereocenters. The average Bonchev–Trinajstić information content (AvgIpc) is 2.68. The fraction of sp³-hybridized carbons (Fsp3) is 0.818. The van der Waals surface area contributed by atoms with Crippen LogP contribution in [0, 0.1) is 5.21 Å². The minimum absolute atomic E-state index is 0.0885. The number of ether oxygens (including phenoxy) is 1. The van der Waals surface area contributed by atoms with E-state index in [1.807, 2.05) is 6.92 Å². The molecule has 28 heavy (non-hydrogen) atoms. The highest BCUT2D eigenvalue weighted by Crippen LogP contribution is 2.14. The zero-order valence-electron chi connectivity index (χ0n) is 18.2. The van der Waals surface area contributed by atoms with Crippen LogP contribution in [0.25, 0.3) is 0 Å². The lowest BCUT2D eigenvalue weighted by atomic mass is 10.0. The fourth-order valence-electron chi connectivity index (χ4n) is 3.37. The van der Waals surface area contributed by atoms with E-state index in [-0.39, 0.29) is 5.95 Å². The Balaban J connectivity index is 1.97. The third-order valence-corrected chi connectivity index (χ3v) is 5.04. The van der Waals surface area contributed by atoms with Crippen molar-refractivity contribution >= 4 is 11.8 Å². The summed E-state index contributed by atoms with van der Waals surface area (Å²) >= 11 is 0. The number of anilines is 2. The standard InChI is InChI=1S/C22H42N4O2/c1-3-5-6-7-8-9-10-11-12-13-14-15-16-17-18-24-20-19-21(28-4-2)25-22(23)26(20)27/h19,24H,3-18H2,1-2H3,(H2,23,25). The number of unbranched alkanes of at least 4 members (excludes halogenated alkanes) is 13. The zero-order chi connectivity index (χ0) is 20.5. The molecule has 6 nitrogen and oxygen atoms in total. The smallest absolute Gasteiger partial charge is 0.347 e. The molecule has 0 amide bonds. The van der Waals surface area contributed by atoms with Gasteiger partial charge >= 0.3 is 5.95 Å². The lowest BCUT2D eigenvalue weighted by Crippen LogP contribution is -2.36. The second kappa shape index (κ2) is 16.3. The van der Waals surface area contributed by atoms with E-state index in [4.69, 9.17) is 10.5 Å². The first-order chi connectivity index (χ1) is 13.7. The van der Waals surface area contributed by atoms with E-state index in [0.29, 0.717) is 23.0 Å². The summed E-state index contributed by atoms with van der Waals surface area (Å²) in [6.07, 6.45) is 18.7. The highest BCUT2D eigenvalue weighted by Gasteiger charge is 2.10. The second-order valence-corrected chi connectivity index (χ2v) is 7.59. The Bertz CT molecular complexity index is 512. The van der Waals surface area contributed by atoms with E-state index in [2.05, 4.69) is 17.2 Å². The van der Waals surface area contributed by atoms with Gasteiger partial charge in [-0.3, -0.25) is 0 Å². The summed E-state index contributed by atoms with van der Waals surface area (Å²) in [5.41, 5.74) is 5.63. The van der Waals surface area contributed by atoms with Crippen LogP contribution in [0.4, 0.5) is 11.8 Å². The molecular weight excluding hydrogens is 352 g/mol. The molecule has 0 saturated carbocycles. The number of hydrogen-bond acceptors (Lipinski definition) is 5. The van der Waals surface area contributed by atoms with Gasteiger partial charge in [0.25, 0.3) is 5.88 Å². The van der Waals surface area contributed by atoms with Gasteiger partial charge in [0.15, 0.2) is 0 Å². The quantitative estimate of drug-likeness (QED) is 0.192. The van der Waals surface area contributed by atoms with E-state index >= 15 is 0 Å². The number of nitrogen functional groups attached to an aromatic ring is 1. The second-order valence-electron chi connectivity index (χ2n) is 7.59. The van der Waals surface area contributed by atoms with Crippen molar-refractivity contribution in [3.63, 3.8) is 0 Å². The monoisotopic (exact) mass is 394 g/mol. The van der Waals surface area contributed by atoms with Crippen molar-refractivity contribution in [2.75, 3.05) is 24.2 Å². The third-order valence-electron chi connectivity index (χ3n) is 5.04. The van der Waals surface area contributed by atoms with E-state index in [1.165, 1.54) is 83.5 Å². The molecule has 0 atom stereocenters. The van der Waals surface area contributed by atoms with Gasteiger partial charge in [-0.1, -0.05) is 95.4 Å². The number of nitrogens with zero attached hydrogens (tertiary/aromatic N) is 2. The first-order valence-corrected chi connectivity index (χ1v) is 11.5. The number of hydrogen-bond donors (Lipinski definition) is 2. The van der Waals surface area contributed by atoms with Gasteiger partial charge in [-0.05, 0) is 13.3 Å². The van der Waals surface area contributed by atoms with Crippen LogP contribution < -0.4 is 20.5 Å². The van der Waals surface area contributed by atoms with Crippen molar-refractivity contribution in [3.05, 3.63) is 11.3 Å². The Kier molecular flexibility index (Phi) is 14.1. The lowest BCUT2D eigenvalue weighted by molar-refractivity contribution is -0.577. The Labute approximate surface area is 171 Å². The molecule has 0 saturated heterocycles. The Hall–Kier alpha value is -1.72. The fourth-order valence-corrected chi connectivity index (χ4v) is 3.37. The van der Waals surface area contributed by atoms with Crippen molar-refractivity contribution < 1.29 is 9.47 Å². The van der Waals surface area contributed by atoms with Crippen LogP contribution in [0.3, 0.4) is 0 Å². The molecule has 1 aromatic rings. The molecular formula is C22H42N4O2. The average molecular weight is 395 g/mol. The van der Waals surface area contributed by atoms with Crippen LogP contribution in [0.1, 0.15) is 104 Å². The highest BCUT2D eigenvalue weighted by atomic mass is 16.5. The normalized spacial score (nSPS) is 10.9. The van der Waals surface area contributed by atoms with Gasteiger partial charge < -0.3 is 21.0 Å². The first-order valence-electron chi connectivity index (χ1n) is 11.5. The van der Waals surface area contributed by atoms with Gasteiger partial charge in [-0.15, -0.1) is 0 Å². The van der Waals surface area contributed by atoms with E-state index < -0.39 is 0 Å². The van der Waals surface area contributed by atoms with Gasteiger partial charge in [0.2, 0.25) is 5.82 Å². The molecule has 0 aliphatic heterocycles. The van der Waals surface area contributed by atoms with Crippen LogP contribution in [-0.2, 0) is 0 Å². The van der Waals surface area contributed by atoms with Gasteiger partial charge in [-0.2, -0.15) is 0 Å². The number of nitrogens with two attached hydrogens (primary N) is 1. The van der Waals surface area contributed by atoms with Gasteiger partial charge in [0, 0.05) is 6.54 Å². The summed E-state index contributed by atoms with van der Waals surface area (Å²) < 4.78 is 5.95. The number of rotatable bonds is 18. The lowest BCUT2D eigenvalue weighted by Gasteiger charge is -2.14. The SMILES string of the molecule is CCCCCCCCCCCCCCCCNc1cc(OCC)nc(N)[n+]1[O-]. The third kappa shape index (κ3) is 11.2. The number of nitrogens with one attached hydrogen (secondary N) is 1. The molecule has 1 aromatic heterocycles. The van der Waals surface area contributed by atoms with E-state index in [0.717, 1.165) is 13.0 Å². The van der Waals surface area contributed by atoms with Crippen molar-refractivity contribution in [1.29, 1.82) is 0 Å². The van der Waals surface area contributed by atoms with Crippen LogP contribution in [-0.4, -0.2) is 18.1 Å². The van der Waals surface area contributed by atoms with Crippen LogP contribution in [0.5, 0.6) is 5.88 Å². The summed E-state index contributed by atoms with van der Waals surface area (Å²) in [7, 11) is 0. The summed E-state index contributed by atoms with van der Waals surface area (Å²) in [5.74, 6) is 0.704. The molecule has 0 fully saturated rings. The maximum absolute atomic E-state index is 11.9. The predicted molar refractivity (Wildman–Crippen MR) is 118 cm³/mol. The molecule has 0 spiro atoms. The van der Waals surface area contributed by atoms with Gasteiger partial charge in [0.05, 0.1) is 12.7 Å². The maximum Gasteiger partial charge on any atom is 0.347 e.